The van der Waals surface area contributed by atoms with Gasteiger partial charge in [0.2, 0.25) is 0 Å². The van der Waals surface area contributed by atoms with E-state index in [-0.39, 0.29) is 0 Å². The fourth-order valence-electron chi connectivity index (χ4n) is 1.51. The molecule has 0 saturated carbocycles. The molecule has 0 aromatic carbocycles. The van der Waals surface area contributed by atoms with Gasteiger partial charge in [0.1, 0.15) is 0 Å². The number of hydrogen-bond acceptors (Lipinski definition) is 4. The molecule has 4 nitrogen and oxygen atoms in total. The standard InChI is InChI=1S/C11H11F13O4S/c1-29(25,26)28-5-4-27-3-2-6(12,13)7(14,15)8(16,17)9(18,19)10(20,21)11(22,23)24/h2-5H2,1H3. The molecule has 0 spiro atoms. The zero-order valence-corrected chi connectivity index (χ0v) is 14.6. The topological polar surface area (TPSA) is 52.6 Å². The summed E-state index contributed by atoms with van der Waals surface area (Å²) in [6.07, 6.45) is -9.45. The molecule has 0 radical (unpaired) electrons. The molecule has 29 heavy (non-hydrogen) atoms. The number of hydrogen-bond donors (Lipinski definition) is 0. The molecule has 0 aromatic rings. The molecular weight excluding hydrogens is 475 g/mol. The third-order valence-corrected chi connectivity index (χ3v) is 3.68. The van der Waals surface area contributed by atoms with Crippen LogP contribution in [-0.4, -0.2) is 70.3 Å². The Morgan fingerprint density at radius 3 is 1.41 bits per heavy atom. The highest BCUT2D eigenvalue weighted by molar-refractivity contribution is 7.85. The number of rotatable bonds is 11. The van der Waals surface area contributed by atoms with Gasteiger partial charge in [0.25, 0.3) is 10.1 Å². The summed E-state index contributed by atoms with van der Waals surface area (Å²) in [7, 11) is -4.02. The fourth-order valence-corrected chi connectivity index (χ4v) is 1.88. The fraction of sp³-hybridized carbons (Fsp3) is 1.00. The van der Waals surface area contributed by atoms with Gasteiger partial charge >= 0.3 is 35.8 Å². The highest BCUT2D eigenvalue weighted by Gasteiger charge is 2.90. The first-order valence-corrected chi connectivity index (χ1v) is 8.65. The van der Waals surface area contributed by atoms with Gasteiger partial charge < -0.3 is 4.74 Å². The van der Waals surface area contributed by atoms with Crippen LogP contribution in [0.1, 0.15) is 6.42 Å². The molecule has 0 aliphatic rings. The lowest BCUT2D eigenvalue weighted by atomic mass is 9.93. The second-order valence-electron chi connectivity index (χ2n) is 5.39. The third kappa shape index (κ3) is 5.56. The SMILES string of the molecule is CS(=O)(=O)OCCOCCC(F)(F)C(F)(F)C(F)(F)C(F)(F)C(F)(F)C(F)(F)F. The predicted molar refractivity (Wildman–Crippen MR) is 67.0 cm³/mol. The van der Waals surface area contributed by atoms with Crippen LogP contribution in [0.5, 0.6) is 0 Å². The first-order valence-electron chi connectivity index (χ1n) is 6.83. The zero-order chi connectivity index (χ0) is 23.7. The molecule has 0 fully saturated rings. The van der Waals surface area contributed by atoms with E-state index >= 15 is 0 Å². The first kappa shape index (κ1) is 28.0. The third-order valence-electron chi connectivity index (χ3n) is 3.08. The van der Waals surface area contributed by atoms with Gasteiger partial charge in [-0.25, -0.2) is 0 Å². The molecule has 0 rings (SSSR count). The van der Waals surface area contributed by atoms with Crippen LogP contribution in [0.15, 0.2) is 0 Å². The van der Waals surface area contributed by atoms with Gasteiger partial charge in [0.05, 0.1) is 26.1 Å². The minimum absolute atomic E-state index is 0.542. The van der Waals surface area contributed by atoms with E-state index in [0.29, 0.717) is 6.26 Å². The van der Waals surface area contributed by atoms with Crippen LogP contribution in [-0.2, 0) is 19.0 Å². The second-order valence-corrected chi connectivity index (χ2v) is 7.03. The van der Waals surface area contributed by atoms with E-state index in [9.17, 15) is 65.5 Å². The molecule has 176 valence electrons. The van der Waals surface area contributed by atoms with Crippen LogP contribution < -0.4 is 0 Å². The van der Waals surface area contributed by atoms with Crippen molar-refractivity contribution < 1.29 is 74.4 Å². The summed E-state index contributed by atoms with van der Waals surface area (Å²) in [6.45, 7) is -3.38. The maximum atomic E-state index is 13.3. The largest absolute Gasteiger partial charge is 0.460 e. The van der Waals surface area contributed by atoms with Gasteiger partial charge in [-0.05, 0) is 0 Å². The average Bonchev–Trinajstić information content (AvgIpc) is 2.47. The molecular formula is C11H11F13O4S. The van der Waals surface area contributed by atoms with Crippen molar-refractivity contribution >= 4 is 10.1 Å². The van der Waals surface area contributed by atoms with E-state index in [1.807, 2.05) is 0 Å². The molecule has 0 heterocycles. The zero-order valence-electron chi connectivity index (χ0n) is 13.8. The van der Waals surface area contributed by atoms with Gasteiger partial charge in [-0.2, -0.15) is 65.5 Å². The Balaban J connectivity index is 5.40. The quantitative estimate of drug-likeness (QED) is 0.251. The van der Waals surface area contributed by atoms with Gasteiger partial charge in [-0.15, -0.1) is 0 Å². The Morgan fingerprint density at radius 2 is 1.03 bits per heavy atom. The van der Waals surface area contributed by atoms with E-state index in [4.69, 9.17) is 0 Å². The maximum Gasteiger partial charge on any atom is 0.460 e. The van der Waals surface area contributed by atoms with E-state index in [0.717, 1.165) is 0 Å². The maximum absolute atomic E-state index is 13.3. The minimum Gasteiger partial charge on any atom is -0.379 e. The Bertz CT molecular complexity index is 656. The number of halogens is 13. The second kappa shape index (κ2) is 8.24. The highest BCUT2D eigenvalue weighted by Crippen LogP contribution is 2.60. The van der Waals surface area contributed by atoms with Crippen molar-refractivity contribution in [2.45, 2.75) is 42.2 Å². The molecule has 18 heteroatoms. The normalized spacial score (nSPS) is 15.7. The van der Waals surface area contributed by atoms with Crippen molar-refractivity contribution in [2.75, 3.05) is 26.1 Å². The van der Waals surface area contributed by atoms with Crippen LogP contribution in [0, 0.1) is 0 Å². The van der Waals surface area contributed by atoms with Crippen molar-refractivity contribution in [3.63, 3.8) is 0 Å². The summed E-state index contributed by atoms with van der Waals surface area (Å²) in [4.78, 5) is 0. The van der Waals surface area contributed by atoms with Crippen molar-refractivity contribution in [3.8, 4) is 0 Å². The summed E-state index contributed by atoms with van der Waals surface area (Å²) >= 11 is 0. The lowest BCUT2D eigenvalue weighted by molar-refractivity contribution is -0.440. The number of alkyl halides is 13. The molecule has 0 unspecified atom stereocenters. The molecule has 0 bridgehead atoms. The van der Waals surface area contributed by atoms with Crippen molar-refractivity contribution in [1.29, 1.82) is 0 Å². The monoisotopic (exact) mass is 486 g/mol. The lowest BCUT2D eigenvalue weighted by Crippen LogP contribution is -2.70. The summed E-state index contributed by atoms with van der Waals surface area (Å²) in [5.41, 5.74) is 0. The van der Waals surface area contributed by atoms with Crippen LogP contribution >= 0.6 is 0 Å². The summed E-state index contributed by atoms with van der Waals surface area (Å²) in [5, 5.41) is 0. The molecule has 0 N–H and O–H groups in total. The first-order chi connectivity index (χ1) is 12.5. The smallest absolute Gasteiger partial charge is 0.379 e. The summed E-state index contributed by atoms with van der Waals surface area (Å²) in [5.74, 6) is -37.2. The van der Waals surface area contributed by atoms with E-state index in [1.54, 1.807) is 0 Å². The van der Waals surface area contributed by atoms with E-state index in [2.05, 4.69) is 8.92 Å². The van der Waals surface area contributed by atoms with Gasteiger partial charge in [0.15, 0.2) is 0 Å². The van der Waals surface area contributed by atoms with Crippen LogP contribution in [0.3, 0.4) is 0 Å². The van der Waals surface area contributed by atoms with Gasteiger partial charge in [0, 0.05) is 6.42 Å². The molecule has 0 saturated heterocycles. The molecule has 0 atom stereocenters. The molecule has 0 amide bonds. The van der Waals surface area contributed by atoms with Crippen LogP contribution in [0.2, 0.25) is 0 Å². The van der Waals surface area contributed by atoms with Gasteiger partial charge in [-0.3, -0.25) is 4.18 Å². The summed E-state index contributed by atoms with van der Waals surface area (Å²) < 4.78 is 195. The summed E-state index contributed by atoms with van der Waals surface area (Å²) in [6, 6.07) is 0. The predicted octanol–water partition coefficient (Wildman–Crippen LogP) is 4.11. The Kier molecular flexibility index (Phi) is 7.94. The van der Waals surface area contributed by atoms with E-state index in [1.165, 1.54) is 0 Å². The molecule has 0 aliphatic heterocycles. The van der Waals surface area contributed by atoms with Crippen LogP contribution in [0.25, 0.3) is 0 Å². The number of ether oxygens (including phenoxy) is 1. The van der Waals surface area contributed by atoms with Crippen molar-refractivity contribution in [2.24, 2.45) is 0 Å². The highest BCUT2D eigenvalue weighted by atomic mass is 32.2. The average molecular weight is 486 g/mol. The Hall–Kier alpha value is -1.04. The Labute approximate surface area is 154 Å². The molecule has 0 aliphatic carbocycles. The minimum atomic E-state index is -7.95. The van der Waals surface area contributed by atoms with Gasteiger partial charge in [-0.1, -0.05) is 0 Å². The van der Waals surface area contributed by atoms with Crippen molar-refractivity contribution in [3.05, 3.63) is 0 Å². The lowest BCUT2D eigenvalue weighted by Gasteiger charge is -2.39. The van der Waals surface area contributed by atoms with Crippen LogP contribution in [0.4, 0.5) is 57.1 Å². The molecule has 0 aromatic heterocycles. The van der Waals surface area contributed by atoms with Crippen molar-refractivity contribution in [1.82, 2.24) is 0 Å². The Morgan fingerprint density at radius 1 is 0.621 bits per heavy atom. The van der Waals surface area contributed by atoms with E-state index < -0.39 is 72.1 Å².